The van der Waals surface area contributed by atoms with E-state index >= 15 is 0 Å². The normalized spacial score (nSPS) is 24.8. The maximum atomic E-state index is 11.0. The Kier molecular flexibility index (Phi) is 3.33. The molecule has 0 radical (unpaired) electrons. The maximum absolute atomic E-state index is 11.0. The van der Waals surface area contributed by atoms with Crippen molar-refractivity contribution in [3.63, 3.8) is 0 Å². The summed E-state index contributed by atoms with van der Waals surface area (Å²) in [7, 11) is 0. The van der Waals surface area contributed by atoms with Gasteiger partial charge in [-0.1, -0.05) is 0 Å². The Morgan fingerprint density at radius 2 is 2.17 bits per heavy atom. The summed E-state index contributed by atoms with van der Waals surface area (Å²) in [6.07, 6.45) is 6.06. The van der Waals surface area contributed by atoms with E-state index in [0.717, 1.165) is 18.7 Å². The van der Waals surface area contributed by atoms with E-state index in [0.29, 0.717) is 12.5 Å². The van der Waals surface area contributed by atoms with E-state index in [-0.39, 0.29) is 5.92 Å². The molecule has 0 aliphatic carbocycles. The molecule has 0 aromatic carbocycles. The van der Waals surface area contributed by atoms with Crippen molar-refractivity contribution in [3.05, 3.63) is 17.7 Å². The summed E-state index contributed by atoms with van der Waals surface area (Å²) in [6, 6.07) is 0. The van der Waals surface area contributed by atoms with Crippen molar-refractivity contribution >= 4 is 17.7 Å². The molecule has 1 atom stereocenters. The van der Waals surface area contributed by atoms with Gasteiger partial charge in [0.05, 0.1) is 11.6 Å². The minimum Gasteiger partial charge on any atom is -0.481 e. The standard InChI is InChI=1S/C13H18N2O2S/c16-13(17)10-1-2-12-14-11(8-15(12)7-10)9-3-5-18-6-4-9/h8-10H,1-7H2,(H,16,17). The molecular formula is C13H18N2O2S. The van der Waals surface area contributed by atoms with Crippen LogP contribution in [0.15, 0.2) is 6.20 Å². The number of fused-ring (bicyclic) bond motifs is 1. The number of carboxylic acids is 1. The van der Waals surface area contributed by atoms with Crippen molar-refractivity contribution < 1.29 is 9.90 Å². The van der Waals surface area contributed by atoms with E-state index < -0.39 is 5.97 Å². The molecule has 1 aromatic heterocycles. The molecule has 1 unspecified atom stereocenters. The van der Waals surface area contributed by atoms with Gasteiger partial charge in [-0.2, -0.15) is 11.8 Å². The first-order valence-corrected chi connectivity index (χ1v) is 7.76. The van der Waals surface area contributed by atoms with Crippen LogP contribution in [-0.2, 0) is 17.8 Å². The van der Waals surface area contributed by atoms with Crippen molar-refractivity contribution in [1.82, 2.24) is 9.55 Å². The van der Waals surface area contributed by atoms with Crippen molar-refractivity contribution in [2.24, 2.45) is 5.92 Å². The molecule has 0 bridgehead atoms. The van der Waals surface area contributed by atoms with Gasteiger partial charge in [0, 0.05) is 25.1 Å². The molecule has 4 nitrogen and oxygen atoms in total. The molecule has 0 amide bonds. The lowest BCUT2D eigenvalue weighted by Crippen LogP contribution is -2.26. The van der Waals surface area contributed by atoms with Gasteiger partial charge in [-0.15, -0.1) is 0 Å². The van der Waals surface area contributed by atoms with Crippen molar-refractivity contribution in [2.45, 2.75) is 38.1 Å². The molecule has 5 heteroatoms. The van der Waals surface area contributed by atoms with E-state index in [2.05, 4.69) is 10.8 Å². The van der Waals surface area contributed by atoms with Gasteiger partial charge in [-0.3, -0.25) is 4.79 Å². The van der Waals surface area contributed by atoms with Crippen LogP contribution < -0.4 is 0 Å². The van der Waals surface area contributed by atoms with Gasteiger partial charge < -0.3 is 9.67 Å². The van der Waals surface area contributed by atoms with Crippen LogP contribution in [0.2, 0.25) is 0 Å². The average Bonchev–Trinajstić information content (AvgIpc) is 2.82. The fourth-order valence-electron chi connectivity index (χ4n) is 2.86. The number of hydrogen-bond donors (Lipinski definition) is 1. The lowest BCUT2D eigenvalue weighted by atomic mass is 9.99. The highest BCUT2D eigenvalue weighted by atomic mass is 32.2. The number of thioether (sulfide) groups is 1. The zero-order valence-corrected chi connectivity index (χ0v) is 11.2. The number of carbonyl (C=O) groups is 1. The molecule has 1 saturated heterocycles. The number of aliphatic carboxylic acids is 1. The summed E-state index contributed by atoms with van der Waals surface area (Å²) < 4.78 is 2.07. The van der Waals surface area contributed by atoms with Crippen LogP contribution in [0.3, 0.4) is 0 Å². The van der Waals surface area contributed by atoms with E-state index in [1.54, 1.807) is 0 Å². The molecule has 1 aromatic rings. The summed E-state index contributed by atoms with van der Waals surface area (Å²) in [5.41, 5.74) is 1.19. The monoisotopic (exact) mass is 266 g/mol. The molecule has 0 spiro atoms. The second-order valence-electron chi connectivity index (χ2n) is 5.19. The lowest BCUT2D eigenvalue weighted by Gasteiger charge is -2.19. The van der Waals surface area contributed by atoms with Crippen LogP contribution in [0.5, 0.6) is 0 Å². The van der Waals surface area contributed by atoms with Crippen molar-refractivity contribution in [3.8, 4) is 0 Å². The van der Waals surface area contributed by atoms with E-state index in [9.17, 15) is 4.79 Å². The van der Waals surface area contributed by atoms with Gasteiger partial charge in [-0.05, 0) is 30.8 Å². The zero-order chi connectivity index (χ0) is 12.5. The number of aryl methyl sites for hydroxylation is 1. The number of carboxylic acid groups (broad SMARTS) is 1. The van der Waals surface area contributed by atoms with Gasteiger partial charge in [0.25, 0.3) is 0 Å². The molecule has 18 heavy (non-hydrogen) atoms. The Bertz CT molecular complexity index is 452. The molecule has 1 N–H and O–H groups in total. The van der Waals surface area contributed by atoms with Gasteiger partial charge in [0.15, 0.2) is 0 Å². The van der Waals surface area contributed by atoms with Gasteiger partial charge in [-0.25, -0.2) is 4.98 Å². The summed E-state index contributed by atoms with van der Waals surface area (Å²) in [5, 5.41) is 9.08. The molecule has 98 valence electrons. The van der Waals surface area contributed by atoms with E-state index in [1.807, 2.05) is 11.8 Å². The Labute approximate surface area is 111 Å². The highest BCUT2D eigenvalue weighted by Crippen LogP contribution is 2.32. The summed E-state index contributed by atoms with van der Waals surface area (Å²) >= 11 is 2.02. The number of rotatable bonds is 2. The molecule has 2 aliphatic rings. The van der Waals surface area contributed by atoms with Gasteiger partial charge in [0.2, 0.25) is 0 Å². The first-order chi connectivity index (χ1) is 8.74. The average molecular weight is 266 g/mol. The van der Waals surface area contributed by atoms with Gasteiger partial charge in [0.1, 0.15) is 5.82 Å². The second kappa shape index (κ2) is 4.96. The number of nitrogens with zero attached hydrogens (tertiary/aromatic N) is 2. The number of imidazole rings is 1. The smallest absolute Gasteiger partial charge is 0.308 e. The molecule has 3 heterocycles. The maximum Gasteiger partial charge on any atom is 0.308 e. The Hall–Kier alpha value is -0.970. The third-order valence-electron chi connectivity index (χ3n) is 4.00. The minimum atomic E-state index is -0.676. The fraction of sp³-hybridized carbons (Fsp3) is 0.692. The highest BCUT2D eigenvalue weighted by molar-refractivity contribution is 7.99. The summed E-state index contributed by atoms with van der Waals surface area (Å²) in [6.45, 7) is 0.596. The molecular weight excluding hydrogens is 248 g/mol. The number of hydrogen-bond acceptors (Lipinski definition) is 3. The van der Waals surface area contributed by atoms with Crippen LogP contribution in [-0.4, -0.2) is 32.1 Å². The SMILES string of the molecule is O=C(O)C1CCc2nc(C3CCSCC3)cn2C1. The van der Waals surface area contributed by atoms with Crippen LogP contribution in [0.25, 0.3) is 0 Å². The Morgan fingerprint density at radius 3 is 2.89 bits per heavy atom. The van der Waals surface area contributed by atoms with E-state index in [1.165, 1.54) is 30.0 Å². The highest BCUT2D eigenvalue weighted by Gasteiger charge is 2.27. The predicted molar refractivity (Wildman–Crippen MR) is 71.0 cm³/mol. The minimum absolute atomic E-state index is 0.235. The summed E-state index contributed by atoms with van der Waals surface area (Å²) in [5.74, 6) is 3.22. The lowest BCUT2D eigenvalue weighted by molar-refractivity contribution is -0.142. The third-order valence-corrected chi connectivity index (χ3v) is 5.05. The second-order valence-corrected chi connectivity index (χ2v) is 6.42. The molecule has 2 aliphatic heterocycles. The largest absolute Gasteiger partial charge is 0.481 e. The Morgan fingerprint density at radius 1 is 1.39 bits per heavy atom. The molecule has 3 rings (SSSR count). The van der Waals surface area contributed by atoms with Crippen LogP contribution in [0.4, 0.5) is 0 Å². The Balaban J connectivity index is 1.78. The summed E-state index contributed by atoms with van der Waals surface area (Å²) in [4.78, 5) is 15.8. The van der Waals surface area contributed by atoms with Gasteiger partial charge >= 0.3 is 5.97 Å². The first-order valence-electron chi connectivity index (χ1n) is 6.60. The predicted octanol–water partition coefficient (Wildman–Crippen LogP) is 2.14. The molecule has 0 saturated carbocycles. The topological polar surface area (TPSA) is 55.1 Å². The third kappa shape index (κ3) is 2.28. The quantitative estimate of drug-likeness (QED) is 0.891. The first kappa shape index (κ1) is 12.1. The van der Waals surface area contributed by atoms with Crippen molar-refractivity contribution in [1.29, 1.82) is 0 Å². The molecule has 1 fully saturated rings. The van der Waals surface area contributed by atoms with Crippen LogP contribution in [0, 0.1) is 5.92 Å². The number of aromatic nitrogens is 2. The van der Waals surface area contributed by atoms with Crippen LogP contribution in [0.1, 0.15) is 36.7 Å². The van der Waals surface area contributed by atoms with Crippen molar-refractivity contribution in [2.75, 3.05) is 11.5 Å². The zero-order valence-electron chi connectivity index (χ0n) is 10.3. The fourth-order valence-corrected chi connectivity index (χ4v) is 3.96. The van der Waals surface area contributed by atoms with Crippen LogP contribution >= 0.6 is 11.8 Å². The van der Waals surface area contributed by atoms with E-state index in [4.69, 9.17) is 10.1 Å².